The van der Waals surface area contributed by atoms with Gasteiger partial charge in [0.1, 0.15) is 5.60 Å². The topological polar surface area (TPSA) is 55.8 Å². The van der Waals surface area contributed by atoms with Gasteiger partial charge in [0, 0.05) is 24.9 Å². The highest BCUT2D eigenvalue weighted by Gasteiger charge is 2.66. The Morgan fingerprint density at radius 2 is 1.67 bits per heavy atom. The van der Waals surface area contributed by atoms with Crippen LogP contribution in [0.2, 0.25) is 0 Å². The molecule has 0 bridgehead atoms. The smallest absolute Gasteiger partial charge is 0.169 e. The molecule has 0 saturated heterocycles. The number of hydrogen-bond donors (Lipinski definition) is 1. The predicted molar refractivity (Wildman–Crippen MR) is 142 cm³/mol. The van der Waals surface area contributed by atoms with Gasteiger partial charge in [-0.2, -0.15) is 0 Å². The lowest BCUT2D eigenvalue weighted by Gasteiger charge is -2.60. The van der Waals surface area contributed by atoms with E-state index in [-0.39, 0.29) is 16.6 Å². The molecule has 1 aromatic carbocycles. The summed E-state index contributed by atoms with van der Waals surface area (Å²) in [6.07, 6.45) is 10.9. The van der Waals surface area contributed by atoms with Crippen LogP contribution in [0, 0.1) is 28.6 Å². The fraction of sp³-hybridized carbons (Fsp3) is 0.719. The van der Waals surface area contributed by atoms with Crippen LogP contribution in [-0.4, -0.2) is 28.9 Å². The highest BCUT2D eigenvalue weighted by Crippen LogP contribution is 2.68. The van der Waals surface area contributed by atoms with Gasteiger partial charge in [-0.15, -0.1) is 0 Å². The van der Waals surface area contributed by atoms with Gasteiger partial charge in [-0.05, 0) is 93.1 Å². The first kappa shape index (κ1) is 26.1. The van der Waals surface area contributed by atoms with Gasteiger partial charge in [0.2, 0.25) is 0 Å². The Bertz CT molecular complexity index is 1010. The van der Waals surface area contributed by atoms with Crippen molar-refractivity contribution in [3.63, 3.8) is 0 Å². The van der Waals surface area contributed by atoms with Crippen molar-refractivity contribution in [2.45, 2.75) is 110 Å². The Balaban J connectivity index is 1.33. The van der Waals surface area contributed by atoms with E-state index in [1.807, 2.05) is 6.92 Å². The maximum atomic E-state index is 13.0. The van der Waals surface area contributed by atoms with E-state index in [2.05, 4.69) is 51.1 Å². The van der Waals surface area contributed by atoms with Crippen LogP contribution in [-0.2, 0) is 27.3 Å². The van der Waals surface area contributed by atoms with Crippen molar-refractivity contribution in [2.24, 2.45) is 28.6 Å². The number of benzene rings is 1. The van der Waals surface area contributed by atoms with E-state index >= 15 is 0 Å². The van der Waals surface area contributed by atoms with Gasteiger partial charge in [0.15, 0.2) is 11.6 Å². The SMILES string of the molecule is CCOC1(C(C)=O)CCC2C3CC=C4CC(O)(OCc5ccc(CC)cc5)CCC4(C)C3CCC21C. The molecule has 3 saturated carbocycles. The summed E-state index contributed by atoms with van der Waals surface area (Å²) in [5, 5.41) is 11.4. The number of aliphatic hydroxyl groups is 1. The summed E-state index contributed by atoms with van der Waals surface area (Å²) in [6.45, 7) is 11.8. The van der Waals surface area contributed by atoms with Gasteiger partial charge in [-0.3, -0.25) is 4.79 Å². The summed E-state index contributed by atoms with van der Waals surface area (Å²) < 4.78 is 12.5. The largest absolute Gasteiger partial charge is 0.367 e. The number of hydrogen-bond acceptors (Lipinski definition) is 4. The molecule has 0 amide bonds. The Labute approximate surface area is 217 Å². The standard InChI is InChI=1S/C32H46O4/c1-6-23-8-10-24(11-9-23)21-36-31(34)19-18-29(4)25(20-31)12-13-26-27(29)14-16-30(5)28(26)15-17-32(30,22(3)33)35-7-2/h8-12,26-28,34H,6-7,13-21H2,1-5H3. The van der Waals surface area contributed by atoms with Gasteiger partial charge in [0.25, 0.3) is 0 Å². The number of ether oxygens (including phenoxy) is 2. The van der Waals surface area contributed by atoms with E-state index in [0.29, 0.717) is 43.8 Å². The quantitative estimate of drug-likeness (QED) is 0.335. The summed E-state index contributed by atoms with van der Waals surface area (Å²) in [5.74, 6) is 0.839. The van der Waals surface area contributed by atoms with E-state index in [1.165, 1.54) is 11.1 Å². The number of fused-ring (bicyclic) bond motifs is 5. The minimum Gasteiger partial charge on any atom is -0.367 e. The summed E-state index contributed by atoms with van der Waals surface area (Å²) in [4.78, 5) is 13.0. The molecule has 4 aliphatic rings. The van der Waals surface area contributed by atoms with Crippen molar-refractivity contribution >= 4 is 5.78 Å². The fourth-order valence-corrected chi connectivity index (χ4v) is 8.99. The number of allylic oxidation sites excluding steroid dienone is 1. The monoisotopic (exact) mass is 494 g/mol. The summed E-state index contributed by atoms with van der Waals surface area (Å²) in [6, 6.07) is 8.53. The molecule has 0 spiro atoms. The van der Waals surface area contributed by atoms with Gasteiger partial charge in [0.05, 0.1) is 6.61 Å². The third-order valence-electron chi connectivity index (χ3n) is 11.1. The van der Waals surface area contributed by atoms with E-state index in [4.69, 9.17) is 9.47 Å². The van der Waals surface area contributed by atoms with Crippen LogP contribution in [0.5, 0.6) is 0 Å². The molecule has 3 fully saturated rings. The predicted octanol–water partition coefficient (Wildman–Crippen LogP) is 6.78. The molecule has 36 heavy (non-hydrogen) atoms. The molecule has 7 unspecified atom stereocenters. The van der Waals surface area contributed by atoms with Crippen LogP contribution in [0.3, 0.4) is 0 Å². The minimum absolute atomic E-state index is 0.0798. The highest BCUT2D eigenvalue weighted by atomic mass is 16.6. The molecule has 0 radical (unpaired) electrons. The van der Waals surface area contributed by atoms with Gasteiger partial charge in [-0.1, -0.05) is 56.7 Å². The second kappa shape index (κ2) is 9.36. The average Bonchev–Trinajstić information content (AvgIpc) is 3.17. The molecular weight excluding hydrogens is 448 g/mol. The van der Waals surface area contributed by atoms with Gasteiger partial charge >= 0.3 is 0 Å². The van der Waals surface area contributed by atoms with Crippen molar-refractivity contribution in [1.29, 1.82) is 0 Å². The molecule has 0 heterocycles. The third-order valence-corrected chi connectivity index (χ3v) is 11.1. The van der Waals surface area contributed by atoms with Crippen molar-refractivity contribution < 1.29 is 19.4 Å². The lowest BCUT2D eigenvalue weighted by molar-refractivity contribution is -0.232. The zero-order valence-electron chi connectivity index (χ0n) is 23.1. The van der Waals surface area contributed by atoms with Gasteiger partial charge < -0.3 is 14.6 Å². The van der Waals surface area contributed by atoms with Gasteiger partial charge in [-0.25, -0.2) is 0 Å². The first-order chi connectivity index (χ1) is 17.1. The number of carbonyl (C=O) groups is 1. The minimum atomic E-state index is -1.09. The first-order valence-electron chi connectivity index (χ1n) is 14.4. The highest BCUT2D eigenvalue weighted by molar-refractivity contribution is 5.86. The zero-order chi connectivity index (χ0) is 25.8. The molecule has 4 heteroatoms. The Morgan fingerprint density at radius 1 is 0.972 bits per heavy atom. The van der Waals surface area contributed by atoms with Crippen molar-refractivity contribution in [3.8, 4) is 0 Å². The number of Topliss-reactive ketones (excluding diaryl/α,β-unsaturated/α-hetero) is 1. The molecule has 7 atom stereocenters. The van der Waals surface area contributed by atoms with Crippen molar-refractivity contribution in [3.05, 3.63) is 47.0 Å². The molecule has 0 aromatic heterocycles. The maximum Gasteiger partial charge on any atom is 0.169 e. The molecule has 198 valence electrons. The average molecular weight is 495 g/mol. The molecule has 4 nitrogen and oxygen atoms in total. The van der Waals surface area contributed by atoms with Crippen LogP contribution in [0.25, 0.3) is 0 Å². The normalized spacial score (nSPS) is 41.7. The lowest BCUT2D eigenvalue weighted by atomic mass is 9.46. The number of carbonyl (C=O) groups excluding carboxylic acids is 1. The van der Waals surface area contributed by atoms with Crippen LogP contribution in [0.15, 0.2) is 35.9 Å². The van der Waals surface area contributed by atoms with E-state index in [9.17, 15) is 9.90 Å². The summed E-state index contributed by atoms with van der Waals surface area (Å²) in [5.41, 5.74) is 3.24. The number of aryl methyl sites for hydroxylation is 1. The Kier molecular flexibility index (Phi) is 6.79. The van der Waals surface area contributed by atoms with Crippen LogP contribution in [0.1, 0.15) is 97.1 Å². The van der Waals surface area contributed by atoms with Crippen molar-refractivity contribution in [1.82, 2.24) is 0 Å². The zero-order valence-corrected chi connectivity index (χ0v) is 23.1. The number of ketones is 1. The van der Waals surface area contributed by atoms with E-state index in [0.717, 1.165) is 50.5 Å². The molecule has 4 aliphatic carbocycles. The second-order valence-corrected chi connectivity index (χ2v) is 12.7. The first-order valence-corrected chi connectivity index (χ1v) is 14.4. The molecule has 1 N–H and O–H groups in total. The van der Waals surface area contributed by atoms with E-state index in [1.54, 1.807) is 6.92 Å². The fourth-order valence-electron chi connectivity index (χ4n) is 8.99. The molecule has 1 aromatic rings. The van der Waals surface area contributed by atoms with E-state index < -0.39 is 11.4 Å². The van der Waals surface area contributed by atoms with Crippen LogP contribution < -0.4 is 0 Å². The summed E-state index contributed by atoms with van der Waals surface area (Å²) >= 11 is 0. The molecule has 0 aliphatic heterocycles. The Hall–Kier alpha value is -1.49. The Morgan fingerprint density at radius 3 is 2.33 bits per heavy atom. The lowest BCUT2D eigenvalue weighted by Crippen LogP contribution is -2.58. The molecular formula is C32H46O4. The number of rotatable bonds is 7. The third kappa shape index (κ3) is 3.94. The summed E-state index contributed by atoms with van der Waals surface area (Å²) in [7, 11) is 0. The molecule has 5 rings (SSSR count). The van der Waals surface area contributed by atoms with Crippen LogP contribution in [0.4, 0.5) is 0 Å². The van der Waals surface area contributed by atoms with Crippen molar-refractivity contribution in [2.75, 3.05) is 6.61 Å². The van der Waals surface area contributed by atoms with Crippen LogP contribution >= 0.6 is 0 Å². The maximum absolute atomic E-state index is 13.0. The second-order valence-electron chi connectivity index (χ2n) is 12.7.